The van der Waals surface area contributed by atoms with Gasteiger partial charge in [-0.25, -0.2) is 9.97 Å². The lowest BCUT2D eigenvalue weighted by atomic mass is 10.1. The van der Waals surface area contributed by atoms with Crippen LogP contribution in [0.5, 0.6) is 0 Å². The predicted molar refractivity (Wildman–Crippen MR) is 44.9 cm³/mol. The van der Waals surface area contributed by atoms with Crippen LogP contribution in [0.1, 0.15) is 24.6 Å². The van der Waals surface area contributed by atoms with Crippen molar-refractivity contribution >= 4 is 11.6 Å². The van der Waals surface area contributed by atoms with Crippen molar-refractivity contribution in [3.05, 3.63) is 22.7 Å². The van der Waals surface area contributed by atoms with Crippen LogP contribution in [0.3, 0.4) is 0 Å². The molecule has 2 rings (SSSR count). The van der Waals surface area contributed by atoms with E-state index in [1.165, 1.54) is 0 Å². The number of rotatable bonds is 0. The molecule has 0 saturated heterocycles. The summed E-state index contributed by atoms with van der Waals surface area (Å²) in [5.74, 6) is 0. The molecule has 1 aliphatic carbocycles. The molecule has 1 aromatic heterocycles. The van der Waals surface area contributed by atoms with Crippen molar-refractivity contribution in [2.24, 2.45) is 0 Å². The predicted octanol–water partition coefficient (Wildman–Crippen LogP) is 1.28. The van der Waals surface area contributed by atoms with E-state index in [4.69, 9.17) is 11.6 Å². The van der Waals surface area contributed by atoms with E-state index in [0.29, 0.717) is 12.1 Å². The quantitative estimate of drug-likeness (QED) is 0.618. The van der Waals surface area contributed by atoms with Crippen molar-refractivity contribution in [3.63, 3.8) is 0 Å². The molecule has 1 aromatic rings. The van der Waals surface area contributed by atoms with Crippen LogP contribution in [-0.2, 0) is 12.0 Å². The standard InChI is InChI=1S/C8H9ClN2O/c1-8(12)3-2-5-4-10-7(9)11-6(5)8/h4,12H,2-3H2,1H3. The van der Waals surface area contributed by atoms with E-state index in [0.717, 1.165) is 12.0 Å². The van der Waals surface area contributed by atoms with E-state index in [-0.39, 0.29) is 5.28 Å². The smallest absolute Gasteiger partial charge is 0.222 e. The van der Waals surface area contributed by atoms with Crippen LogP contribution < -0.4 is 0 Å². The van der Waals surface area contributed by atoms with Crippen molar-refractivity contribution in [3.8, 4) is 0 Å². The highest BCUT2D eigenvalue weighted by Crippen LogP contribution is 2.34. The fraction of sp³-hybridized carbons (Fsp3) is 0.500. The molecule has 0 bridgehead atoms. The van der Waals surface area contributed by atoms with Gasteiger partial charge in [0.25, 0.3) is 0 Å². The Bertz CT molecular complexity index is 325. The minimum atomic E-state index is -0.818. The molecule has 0 radical (unpaired) electrons. The van der Waals surface area contributed by atoms with Crippen molar-refractivity contribution in [1.29, 1.82) is 0 Å². The van der Waals surface area contributed by atoms with E-state index in [9.17, 15) is 5.11 Å². The minimum absolute atomic E-state index is 0.205. The second kappa shape index (κ2) is 2.41. The lowest BCUT2D eigenvalue weighted by Crippen LogP contribution is -2.18. The van der Waals surface area contributed by atoms with Crippen molar-refractivity contribution in [2.45, 2.75) is 25.4 Å². The molecule has 0 spiro atoms. The topological polar surface area (TPSA) is 46.0 Å². The molecule has 0 fully saturated rings. The van der Waals surface area contributed by atoms with Gasteiger partial charge < -0.3 is 5.11 Å². The number of aliphatic hydroxyl groups is 1. The van der Waals surface area contributed by atoms with E-state index in [1.54, 1.807) is 13.1 Å². The van der Waals surface area contributed by atoms with Gasteiger partial charge in [0.2, 0.25) is 5.28 Å². The van der Waals surface area contributed by atoms with Gasteiger partial charge in [-0.05, 0) is 36.9 Å². The summed E-state index contributed by atoms with van der Waals surface area (Å²) in [6.07, 6.45) is 3.23. The highest BCUT2D eigenvalue weighted by Gasteiger charge is 2.33. The Labute approximate surface area is 75.4 Å². The maximum atomic E-state index is 9.82. The molecule has 3 nitrogen and oxygen atoms in total. The van der Waals surface area contributed by atoms with Gasteiger partial charge in [0.05, 0.1) is 5.69 Å². The number of aryl methyl sites for hydroxylation is 1. The van der Waals surface area contributed by atoms with E-state index >= 15 is 0 Å². The van der Waals surface area contributed by atoms with E-state index in [2.05, 4.69) is 9.97 Å². The molecule has 12 heavy (non-hydrogen) atoms. The maximum absolute atomic E-state index is 9.82. The van der Waals surface area contributed by atoms with Crippen LogP contribution in [0, 0.1) is 0 Å². The first-order chi connectivity index (χ1) is 5.59. The van der Waals surface area contributed by atoms with Crippen molar-refractivity contribution < 1.29 is 5.11 Å². The highest BCUT2D eigenvalue weighted by molar-refractivity contribution is 6.28. The lowest BCUT2D eigenvalue weighted by molar-refractivity contribution is 0.0553. The summed E-state index contributed by atoms with van der Waals surface area (Å²) in [4.78, 5) is 7.87. The zero-order valence-corrected chi connectivity index (χ0v) is 7.47. The Morgan fingerprint density at radius 1 is 1.67 bits per heavy atom. The lowest BCUT2D eigenvalue weighted by Gasteiger charge is -2.15. The number of halogens is 1. The van der Waals surface area contributed by atoms with Gasteiger partial charge in [0.1, 0.15) is 5.60 Å². The van der Waals surface area contributed by atoms with E-state index < -0.39 is 5.60 Å². The SMILES string of the molecule is CC1(O)CCc2cnc(Cl)nc21. The zero-order chi connectivity index (χ0) is 8.77. The molecule has 0 amide bonds. The first-order valence-corrected chi connectivity index (χ1v) is 4.22. The second-order valence-electron chi connectivity index (χ2n) is 3.29. The van der Waals surface area contributed by atoms with Gasteiger partial charge in [-0.1, -0.05) is 0 Å². The van der Waals surface area contributed by atoms with Crippen LogP contribution >= 0.6 is 11.6 Å². The van der Waals surface area contributed by atoms with Crippen LogP contribution in [0.2, 0.25) is 5.28 Å². The molecule has 0 aromatic carbocycles. The Hall–Kier alpha value is -0.670. The fourth-order valence-corrected chi connectivity index (χ4v) is 1.66. The summed E-state index contributed by atoms with van der Waals surface area (Å²) in [6, 6.07) is 0. The Balaban J connectivity index is 2.57. The third kappa shape index (κ3) is 1.09. The van der Waals surface area contributed by atoms with Crippen LogP contribution in [-0.4, -0.2) is 15.1 Å². The molecule has 1 heterocycles. The summed E-state index contributed by atoms with van der Waals surface area (Å²) in [7, 11) is 0. The Kier molecular flexibility index (Phi) is 1.59. The average molecular weight is 185 g/mol. The first kappa shape index (κ1) is 7.95. The third-order valence-corrected chi connectivity index (χ3v) is 2.41. The van der Waals surface area contributed by atoms with Gasteiger partial charge in [-0.15, -0.1) is 0 Å². The summed E-state index contributed by atoms with van der Waals surface area (Å²) < 4.78 is 0. The molecule has 64 valence electrons. The van der Waals surface area contributed by atoms with Crippen LogP contribution in [0.25, 0.3) is 0 Å². The summed E-state index contributed by atoms with van der Waals surface area (Å²) in [5, 5.41) is 10.0. The average Bonchev–Trinajstić information content (AvgIpc) is 2.28. The number of hydrogen-bond donors (Lipinski definition) is 1. The van der Waals surface area contributed by atoms with Crippen molar-refractivity contribution in [2.75, 3.05) is 0 Å². The summed E-state index contributed by atoms with van der Waals surface area (Å²) in [6.45, 7) is 1.75. The van der Waals surface area contributed by atoms with Gasteiger partial charge in [0.15, 0.2) is 0 Å². The minimum Gasteiger partial charge on any atom is -0.384 e. The van der Waals surface area contributed by atoms with Crippen LogP contribution in [0.4, 0.5) is 0 Å². The highest BCUT2D eigenvalue weighted by atomic mass is 35.5. The molecule has 4 heteroatoms. The number of hydrogen-bond acceptors (Lipinski definition) is 3. The zero-order valence-electron chi connectivity index (χ0n) is 6.71. The molecule has 1 atom stereocenters. The number of fused-ring (bicyclic) bond motifs is 1. The van der Waals surface area contributed by atoms with Crippen molar-refractivity contribution in [1.82, 2.24) is 9.97 Å². The summed E-state index contributed by atoms with van der Waals surface area (Å²) >= 11 is 5.62. The van der Waals surface area contributed by atoms with Crippen LogP contribution in [0.15, 0.2) is 6.20 Å². The van der Waals surface area contributed by atoms with Gasteiger partial charge in [-0.3, -0.25) is 0 Å². The van der Waals surface area contributed by atoms with E-state index in [1.807, 2.05) is 0 Å². The molecule has 0 saturated carbocycles. The summed E-state index contributed by atoms with van der Waals surface area (Å²) in [5.41, 5.74) is 0.869. The molecular formula is C8H9ClN2O. The molecular weight excluding hydrogens is 176 g/mol. The maximum Gasteiger partial charge on any atom is 0.222 e. The van der Waals surface area contributed by atoms with Gasteiger partial charge in [-0.2, -0.15) is 0 Å². The number of nitrogens with zero attached hydrogens (tertiary/aromatic N) is 2. The Morgan fingerprint density at radius 3 is 3.17 bits per heavy atom. The monoisotopic (exact) mass is 184 g/mol. The fourth-order valence-electron chi connectivity index (χ4n) is 1.53. The largest absolute Gasteiger partial charge is 0.384 e. The molecule has 1 N–H and O–H groups in total. The molecule has 0 aliphatic heterocycles. The Morgan fingerprint density at radius 2 is 2.42 bits per heavy atom. The first-order valence-electron chi connectivity index (χ1n) is 3.84. The number of aromatic nitrogens is 2. The molecule has 1 aliphatic rings. The van der Waals surface area contributed by atoms with Gasteiger partial charge in [0, 0.05) is 6.20 Å². The molecule has 1 unspecified atom stereocenters. The second-order valence-corrected chi connectivity index (χ2v) is 3.62. The normalized spacial score (nSPS) is 27.2. The third-order valence-electron chi connectivity index (χ3n) is 2.23. The van der Waals surface area contributed by atoms with Gasteiger partial charge >= 0.3 is 0 Å².